The number of ether oxygens (including phenoxy) is 2. The van der Waals surface area contributed by atoms with E-state index in [0.29, 0.717) is 29.5 Å². The van der Waals surface area contributed by atoms with E-state index in [4.69, 9.17) is 9.47 Å². The van der Waals surface area contributed by atoms with Gasteiger partial charge < -0.3 is 20.1 Å². The van der Waals surface area contributed by atoms with Gasteiger partial charge in [-0.25, -0.2) is 0 Å². The maximum atomic E-state index is 12.0. The molecule has 0 aliphatic rings. The largest absolute Gasteiger partial charge is 0.494 e. The molecule has 2 amide bonds. The Morgan fingerprint density at radius 2 is 1.54 bits per heavy atom. The third-order valence-electron chi connectivity index (χ3n) is 2.95. The number of nitrogens with one attached hydrogen (secondary N) is 2. The Labute approximate surface area is 140 Å². The van der Waals surface area contributed by atoms with E-state index in [0.717, 1.165) is 0 Å². The van der Waals surface area contributed by atoms with Crippen molar-refractivity contribution in [1.82, 2.24) is 0 Å². The fraction of sp³-hybridized carbons (Fsp3) is 0.222. The van der Waals surface area contributed by atoms with Gasteiger partial charge in [0.15, 0.2) is 6.61 Å². The molecule has 2 N–H and O–H groups in total. The molecule has 6 heteroatoms. The fourth-order valence-electron chi connectivity index (χ4n) is 2.04. The van der Waals surface area contributed by atoms with E-state index >= 15 is 0 Å². The monoisotopic (exact) mass is 328 g/mol. The maximum Gasteiger partial charge on any atom is 0.262 e. The molecule has 0 radical (unpaired) electrons. The Morgan fingerprint density at radius 3 is 2.21 bits per heavy atom. The van der Waals surface area contributed by atoms with Crippen LogP contribution in [0.5, 0.6) is 11.5 Å². The number of hydrogen-bond donors (Lipinski definition) is 2. The van der Waals surface area contributed by atoms with Crippen LogP contribution in [0.25, 0.3) is 0 Å². The molecule has 0 bridgehead atoms. The molecule has 24 heavy (non-hydrogen) atoms. The lowest BCUT2D eigenvalue weighted by Crippen LogP contribution is -2.20. The third-order valence-corrected chi connectivity index (χ3v) is 2.95. The van der Waals surface area contributed by atoms with Gasteiger partial charge in [-0.3, -0.25) is 9.59 Å². The van der Waals surface area contributed by atoms with Crippen molar-refractivity contribution in [2.24, 2.45) is 0 Å². The van der Waals surface area contributed by atoms with E-state index in [1.807, 2.05) is 13.0 Å². The van der Waals surface area contributed by atoms with Crippen LogP contribution >= 0.6 is 0 Å². The maximum absolute atomic E-state index is 12.0. The second kappa shape index (κ2) is 8.57. The molecule has 6 nitrogen and oxygen atoms in total. The van der Waals surface area contributed by atoms with Gasteiger partial charge >= 0.3 is 0 Å². The van der Waals surface area contributed by atoms with Gasteiger partial charge in [0.1, 0.15) is 11.5 Å². The van der Waals surface area contributed by atoms with Crippen LogP contribution in [0.4, 0.5) is 11.4 Å². The summed E-state index contributed by atoms with van der Waals surface area (Å²) in [5.41, 5.74) is 1.20. The molecule has 0 heterocycles. The van der Waals surface area contributed by atoms with Gasteiger partial charge in [-0.2, -0.15) is 0 Å². The van der Waals surface area contributed by atoms with E-state index in [1.54, 1.807) is 42.5 Å². The van der Waals surface area contributed by atoms with Crippen LogP contribution in [0.2, 0.25) is 0 Å². The van der Waals surface area contributed by atoms with Gasteiger partial charge in [-0.15, -0.1) is 0 Å². The minimum Gasteiger partial charge on any atom is -0.494 e. The zero-order valence-electron chi connectivity index (χ0n) is 13.7. The van der Waals surface area contributed by atoms with Crippen LogP contribution < -0.4 is 20.1 Å². The molecule has 0 unspecified atom stereocenters. The van der Waals surface area contributed by atoms with E-state index in [2.05, 4.69) is 10.6 Å². The van der Waals surface area contributed by atoms with Gasteiger partial charge in [-0.05, 0) is 37.3 Å². The average molecular weight is 328 g/mol. The molecule has 2 aromatic carbocycles. The molecule has 126 valence electrons. The Kier molecular flexibility index (Phi) is 6.19. The van der Waals surface area contributed by atoms with Crippen LogP contribution in [0, 0.1) is 0 Å². The lowest BCUT2D eigenvalue weighted by atomic mass is 10.2. The fourth-order valence-corrected chi connectivity index (χ4v) is 2.04. The third kappa shape index (κ3) is 5.64. The van der Waals surface area contributed by atoms with Crippen molar-refractivity contribution < 1.29 is 19.1 Å². The number of anilines is 2. The van der Waals surface area contributed by atoms with Crippen molar-refractivity contribution in [2.45, 2.75) is 13.8 Å². The molecule has 0 aliphatic heterocycles. The lowest BCUT2D eigenvalue weighted by Gasteiger charge is -2.10. The predicted molar refractivity (Wildman–Crippen MR) is 92.5 cm³/mol. The summed E-state index contributed by atoms with van der Waals surface area (Å²) in [6.07, 6.45) is 0. The topological polar surface area (TPSA) is 76.7 Å². The van der Waals surface area contributed by atoms with Crippen LogP contribution in [0.1, 0.15) is 13.8 Å². The number of carbonyl (C=O) groups excluding carboxylic acids is 2. The van der Waals surface area contributed by atoms with Crippen molar-refractivity contribution in [2.75, 3.05) is 23.8 Å². The number of benzene rings is 2. The normalized spacial score (nSPS) is 9.92. The second-order valence-electron chi connectivity index (χ2n) is 5.01. The predicted octanol–water partition coefficient (Wildman–Crippen LogP) is 3.06. The second-order valence-corrected chi connectivity index (χ2v) is 5.01. The van der Waals surface area contributed by atoms with Crippen LogP contribution in [0.15, 0.2) is 48.5 Å². The molecular formula is C18H20N2O4. The SMILES string of the molecule is CCOc1cccc(OCC(=O)Nc2cccc(NC(C)=O)c2)c1. The van der Waals surface area contributed by atoms with Gasteiger partial charge in [-0.1, -0.05) is 12.1 Å². The average Bonchev–Trinajstić information content (AvgIpc) is 2.53. The number of carbonyl (C=O) groups is 2. The smallest absolute Gasteiger partial charge is 0.262 e. The van der Waals surface area contributed by atoms with Crippen LogP contribution in [-0.2, 0) is 9.59 Å². The zero-order chi connectivity index (χ0) is 17.4. The molecule has 0 saturated heterocycles. The van der Waals surface area contributed by atoms with Gasteiger partial charge in [0.05, 0.1) is 6.61 Å². The summed E-state index contributed by atoms with van der Waals surface area (Å²) in [5, 5.41) is 5.38. The summed E-state index contributed by atoms with van der Waals surface area (Å²) in [5.74, 6) is 0.786. The first-order valence-electron chi connectivity index (χ1n) is 7.60. The van der Waals surface area contributed by atoms with Crippen molar-refractivity contribution in [1.29, 1.82) is 0 Å². The molecular weight excluding hydrogens is 308 g/mol. The number of amides is 2. The Bertz CT molecular complexity index is 716. The highest BCUT2D eigenvalue weighted by molar-refractivity contribution is 5.94. The van der Waals surface area contributed by atoms with E-state index in [9.17, 15) is 9.59 Å². The van der Waals surface area contributed by atoms with Gasteiger partial charge in [0, 0.05) is 24.4 Å². The molecule has 2 aromatic rings. The Hall–Kier alpha value is -3.02. The lowest BCUT2D eigenvalue weighted by molar-refractivity contribution is -0.118. The summed E-state index contributed by atoms with van der Waals surface area (Å²) in [6.45, 7) is 3.76. The van der Waals surface area contributed by atoms with Crippen molar-refractivity contribution in [3.8, 4) is 11.5 Å². The molecule has 0 saturated carbocycles. The van der Waals surface area contributed by atoms with Crippen molar-refractivity contribution >= 4 is 23.2 Å². The van der Waals surface area contributed by atoms with E-state index in [1.165, 1.54) is 6.92 Å². The minimum absolute atomic E-state index is 0.125. The first-order valence-corrected chi connectivity index (χ1v) is 7.60. The highest BCUT2D eigenvalue weighted by Crippen LogP contribution is 2.19. The molecule has 0 aliphatic carbocycles. The van der Waals surface area contributed by atoms with Crippen molar-refractivity contribution in [3.63, 3.8) is 0 Å². The molecule has 0 spiro atoms. The van der Waals surface area contributed by atoms with Gasteiger partial charge in [0.2, 0.25) is 5.91 Å². The molecule has 0 fully saturated rings. The standard InChI is InChI=1S/C18H20N2O4/c1-3-23-16-8-5-9-17(11-16)24-12-18(22)20-15-7-4-6-14(10-15)19-13(2)21/h4-11H,3,12H2,1-2H3,(H,19,21)(H,20,22). The summed E-state index contributed by atoms with van der Waals surface area (Å²) in [7, 11) is 0. The number of hydrogen-bond acceptors (Lipinski definition) is 4. The number of rotatable bonds is 7. The van der Waals surface area contributed by atoms with E-state index in [-0.39, 0.29) is 18.4 Å². The van der Waals surface area contributed by atoms with Gasteiger partial charge in [0.25, 0.3) is 5.91 Å². The highest BCUT2D eigenvalue weighted by Gasteiger charge is 2.06. The quantitative estimate of drug-likeness (QED) is 0.819. The van der Waals surface area contributed by atoms with Crippen LogP contribution in [0.3, 0.4) is 0 Å². The van der Waals surface area contributed by atoms with Crippen molar-refractivity contribution in [3.05, 3.63) is 48.5 Å². The highest BCUT2D eigenvalue weighted by atomic mass is 16.5. The minimum atomic E-state index is -0.295. The first kappa shape index (κ1) is 17.3. The summed E-state index contributed by atoms with van der Waals surface area (Å²) in [6, 6.07) is 14.0. The summed E-state index contributed by atoms with van der Waals surface area (Å²) < 4.78 is 10.8. The summed E-state index contributed by atoms with van der Waals surface area (Å²) >= 11 is 0. The molecule has 0 atom stereocenters. The Balaban J connectivity index is 1.89. The van der Waals surface area contributed by atoms with Crippen LogP contribution in [-0.4, -0.2) is 25.0 Å². The Morgan fingerprint density at radius 1 is 0.917 bits per heavy atom. The molecule has 0 aromatic heterocycles. The molecule has 2 rings (SSSR count). The summed E-state index contributed by atoms with van der Waals surface area (Å²) in [4.78, 5) is 23.0. The van der Waals surface area contributed by atoms with E-state index < -0.39 is 0 Å². The first-order chi connectivity index (χ1) is 11.6. The zero-order valence-corrected chi connectivity index (χ0v) is 13.7.